The van der Waals surface area contributed by atoms with E-state index in [2.05, 4.69) is 5.32 Å². The van der Waals surface area contributed by atoms with Crippen LogP contribution in [0.3, 0.4) is 0 Å². The lowest BCUT2D eigenvalue weighted by Crippen LogP contribution is -2.54. The largest absolute Gasteiger partial charge is 0.316 e. The predicted molar refractivity (Wildman–Crippen MR) is 137 cm³/mol. The van der Waals surface area contributed by atoms with E-state index in [1.165, 1.54) is 4.90 Å². The normalized spacial score (nSPS) is 15.4. The maximum Gasteiger partial charge on any atom is 0.270 e. The van der Waals surface area contributed by atoms with E-state index in [1.54, 1.807) is 24.3 Å². The number of hydrogen-bond acceptors (Lipinski definition) is 3. The number of nitrogens with one attached hydrogen (secondary N) is 1. The fourth-order valence-electron chi connectivity index (χ4n) is 4.05. The number of rotatable bonds is 3. The summed E-state index contributed by atoms with van der Waals surface area (Å²) in [6.45, 7) is 7.70. The molecule has 1 aliphatic heterocycles. The molecular weight excluding hydrogens is 477 g/mol. The number of nitrogens with zero attached hydrogens (tertiary/aromatic N) is 2. The van der Waals surface area contributed by atoms with Crippen molar-refractivity contribution < 1.29 is 9.59 Å². The molecule has 1 aromatic heterocycles. The summed E-state index contributed by atoms with van der Waals surface area (Å²) in [4.78, 5) is 27.5. The molecule has 1 saturated heterocycles. The van der Waals surface area contributed by atoms with Crippen molar-refractivity contribution in [2.45, 2.75) is 27.7 Å². The van der Waals surface area contributed by atoms with Gasteiger partial charge < -0.3 is 4.57 Å². The van der Waals surface area contributed by atoms with Crippen LogP contribution in [0.2, 0.25) is 10.0 Å². The van der Waals surface area contributed by atoms with Gasteiger partial charge in [0.2, 0.25) is 0 Å². The summed E-state index contributed by atoms with van der Waals surface area (Å²) in [6, 6.07) is 12.8. The molecule has 0 radical (unpaired) electrons. The Labute approximate surface area is 207 Å². The highest BCUT2D eigenvalue weighted by atomic mass is 35.5. The molecule has 33 heavy (non-hydrogen) atoms. The number of aryl methyl sites for hydroxylation is 3. The summed E-state index contributed by atoms with van der Waals surface area (Å²) in [5, 5.41) is 3.80. The average Bonchev–Trinajstić information content (AvgIpc) is 3.01. The fraction of sp³-hybridized carbons (Fsp3) is 0.160. The minimum absolute atomic E-state index is 0.000941. The number of thiocarbonyl (C=S) groups is 1. The molecule has 1 aliphatic rings. The van der Waals surface area contributed by atoms with Crippen LogP contribution in [0, 0.1) is 27.7 Å². The standard InChI is InChI=1S/C25H21Cl2N3O2S/c1-13-5-8-21(14(2)9-13)30-24(32)19(23(31)28-25(30)33)11-17-10-15(3)29(16(17)4)22-12-18(26)6-7-20(22)27/h5-12H,1-4H3,(H,28,31,33)/b19-11+. The highest BCUT2D eigenvalue weighted by molar-refractivity contribution is 7.80. The van der Waals surface area contributed by atoms with Crippen LogP contribution >= 0.6 is 35.4 Å². The van der Waals surface area contributed by atoms with Crippen molar-refractivity contribution in [1.82, 2.24) is 9.88 Å². The van der Waals surface area contributed by atoms with Crippen molar-refractivity contribution in [2.75, 3.05) is 4.90 Å². The number of carbonyl (C=O) groups is 2. The van der Waals surface area contributed by atoms with E-state index in [9.17, 15) is 9.59 Å². The van der Waals surface area contributed by atoms with Crippen LogP contribution in [0.1, 0.15) is 28.1 Å². The van der Waals surface area contributed by atoms with Crippen LogP contribution in [0.4, 0.5) is 5.69 Å². The lowest BCUT2D eigenvalue weighted by molar-refractivity contribution is -0.122. The number of halogens is 2. The van der Waals surface area contributed by atoms with Crippen molar-refractivity contribution in [3.63, 3.8) is 0 Å². The third-order valence-corrected chi connectivity index (χ3v) is 6.45. The predicted octanol–water partition coefficient (Wildman–Crippen LogP) is 5.85. The van der Waals surface area contributed by atoms with E-state index in [1.807, 2.05) is 56.5 Å². The molecule has 3 aromatic rings. The van der Waals surface area contributed by atoms with Crippen LogP contribution in [-0.2, 0) is 9.59 Å². The quantitative estimate of drug-likeness (QED) is 0.280. The Kier molecular flexibility index (Phi) is 6.18. The third kappa shape index (κ3) is 4.22. The van der Waals surface area contributed by atoms with Gasteiger partial charge in [-0.1, -0.05) is 40.9 Å². The van der Waals surface area contributed by atoms with Crippen molar-refractivity contribution in [3.05, 3.63) is 86.2 Å². The van der Waals surface area contributed by atoms with Crippen LogP contribution in [0.25, 0.3) is 11.8 Å². The van der Waals surface area contributed by atoms with Gasteiger partial charge in [0.15, 0.2) is 5.11 Å². The van der Waals surface area contributed by atoms with Gasteiger partial charge in [0.1, 0.15) is 5.57 Å². The number of anilines is 1. The van der Waals surface area contributed by atoms with Gasteiger partial charge >= 0.3 is 0 Å². The van der Waals surface area contributed by atoms with Gasteiger partial charge in [-0.15, -0.1) is 0 Å². The SMILES string of the molecule is Cc1ccc(N2C(=O)/C(=C/c3cc(C)n(-c4cc(Cl)ccc4Cl)c3C)C(=O)NC2=S)c(C)c1. The molecule has 5 nitrogen and oxygen atoms in total. The summed E-state index contributed by atoms with van der Waals surface area (Å²) in [5.74, 6) is -1.00. The molecule has 8 heteroatoms. The van der Waals surface area contributed by atoms with Crippen LogP contribution in [0.5, 0.6) is 0 Å². The van der Waals surface area contributed by atoms with Crippen LogP contribution in [-0.4, -0.2) is 21.5 Å². The van der Waals surface area contributed by atoms with Gasteiger partial charge in [0.05, 0.1) is 16.4 Å². The number of benzene rings is 2. The van der Waals surface area contributed by atoms with Gasteiger partial charge in [-0.2, -0.15) is 0 Å². The molecule has 1 N–H and O–H groups in total. The molecule has 4 rings (SSSR count). The minimum atomic E-state index is -0.531. The summed E-state index contributed by atoms with van der Waals surface area (Å²) >= 11 is 17.9. The number of hydrogen-bond donors (Lipinski definition) is 1. The first-order valence-electron chi connectivity index (χ1n) is 10.2. The molecule has 2 heterocycles. The Morgan fingerprint density at radius 1 is 0.939 bits per heavy atom. The molecule has 2 amide bonds. The lowest BCUT2D eigenvalue weighted by atomic mass is 10.0. The van der Waals surface area contributed by atoms with E-state index in [0.717, 1.165) is 33.8 Å². The summed E-state index contributed by atoms with van der Waals surface area (Å²) in [5.41, 5.74) is 5.73. The van der Waals surface area contributed by atoms with Gasteiger partial charge in [0.25, 0.3) is 11.8 Å². The Bertz CT molecular complexity index is 1370. The molecule has 2 aromatic carbocycles. The van der Waals surface area contributed by atoms with Gasteiger partial charge in [-0.3, -0.25) is 19.8 Å². The zero-order chi connectivity index (χ0) is 24.0. The second-order valence-corrected chi connectivity index (χ2v) is 9.24. The Balaban J connectivity index is 1.80. The topological polar surface area (TPSA) is 54.3 Å². The fourth-order valence-corrected chi connectivity index (χ4v) is 4.69. The number of aromatic nitrogens is 1. The summed E-state index contributed by atoms with van der Waals surface area (Å²) in [7, 11) is 0. The monoisotopic (exact) mass is 497 g/mol. The third-order valence-electron chi connectivity index (χ3n) is 5.61. The lowest BCUT2D eigenvalue weighted by Gasteiger charge is -2.30. The van der Waals surface area contributed by atoms with Crippen LogP contribution in [0.15, 0.2) is 48.0 Å². The van der Waals surface area contributed by atoms with Crippen molar-refractivity contribution in [2.24, 2.45) is 0 Å². The Morgan fingerprint density at radius 3 is 2.36 bits per heavy atom. The molecule has 0 unspecified atom stereocenters. The second-order valence-electron chi connectivity index (χ2n) is 8.01. The zero-order valence-electron chi connectivity index (χ0n) is 18.5. The molecule has 1 fully saturated rings. The highest BCUT2D eigenvalue weighted by Crippen LogP contribution is 2.31. The van der Waals surface area contributed by atoms with Gasteiger partial charge in [-0.05, 0) is 87.4 Å². The van der Waals surface area contributed by atoms with Gasteiger partial charge in [-0.25, -0.2) is 0 Å². The first-order valence-corrected chi connectivity index (χ1v) is 11.4. The van der Waals surface area contributed by atoms with Crippen LogP contribution < -0.4 is 10.2 Å². The zero-order valence-corrected chi connectivity index (χ0v) is 20.8. The Hall–Kier alpha value is -2.93. The highest BCUT2D eigenvalue weighted by Gasteiger charge is 2.35. The molecule has 0 aliphatic carbocycles. The Morgan fingerprint density at radius 2 is 1.67 bits per heavy atom. The number of amides is 2. The first-order chi connectivity index (χ1) is 15.6. The second kappa shape index (κ2) is 8.78. The van der Waals surface area contributed by atoms with Crippen molar-refractivity contribution in [3.8, 4) is 5.69 Å². The molecular formula is C25H21Cl2N3O2S. The maximum absolute atomic E-state index is 13.4. The minimum Gasteiger partial charge on any atom is -0.316 e. The molecule has 0 bridgehead atoms. The van der Waals surface area contributed by atoms with Crippen molar-refractivity contribution >= 4 is 64.1 Å². The molecule has 168 valence electrons. The smallest absolute Gasteiger partial charge is 0.270 e. The summed E-state index contributed by atoms with van der Waals surface area (Å²) < 4.78 is 1.94. The number of carbonyl (C=O) groups excluding carboxylic acids is 2. The molecule has 0 spiro atoms. The first kappa shape index (κ1) is 23.2. The average molecular weight is 498 g/mol. The van der Waals surface area contributed by atoms with E-state index in [0.29, 0.717) is 15.7 Å². The molecule has 0 atom stereocenters. The van der Waals surface area contributed by atoms with Crippen molar-refractivity contribution in [1.29, 1.82) is 0 Å². The van der Waals surface area contributed by atoms with E-state index in [4.69, 9.17) is 35.4 Å². The van der Waals surface area contributed by atoms with Gasteiger partial charge in [0, 0.05) is 16.4 Å². The maximum atomic E-state index is 13.4. The van der Waals surface area contributed by atoms with E-state index in [-0.39, 0.29) is 10.7 Å². The summed E-state index contributed by atoms with van der Waals surface area (Å²) in [6.07, 6.45) is 1.59. The van der Waals surface area contributed by atoms with E-state index < -0.39 is 11.8 Å². The van der Waals surface area contributed by atoms with E-state index >= 15 is 0 Å². The molecule has 0 saturated carbocycles.